The number of esters is 1. The largest absolute Gasteiger partial charge is 0.493 e. The lowest BCUT2D eigenvalue weighted by atomic mass is 10.2. The number of amides is 2. The van der Waals surface area contributed by atoms with Gasteiger partial charge in [-0.15, -0.1) is 0 Å². The predicted octanol–water partition coefficient (Wildman–Crippen LogP) is 3.48. The van der Waals surface area contributed by atoms with Crippen molar-refractivity contribution < 1.29 is 28.8 Å². The highest BCUT2D eigenvalue weighted by Gasteiger charge is 2.13. The van der Waals surface area contributed by atoms with E-state index in [0.717, 1.165) is 0 Å². The summed E-state index contributed by atoms with van der Waals surface area (Å²) in [7, 11) is 1.44. The zero-order valence-electron chi connectivity index (χ0n) is 19.9. The van der Waals surface area contributed by atoms with Crippen LogP contribution in [0.1, 0.15) is 39.1 Å². The predicted molar refractivity (Wildman–Crippen MR) is 135 cm³/mol. The van der Waals surface area contributed by atoms with Crippen molar-refractivity contribution in [2.45, 2.75) is 12.8 Å². The van der Waals surface area contributed by atoms with Gasteiger partial charge in [0, 0.05) is 30.7 Å². The number of nitro benzene ring substituents is 1. The van der Waals surface area contributed by atoms with E-state index in [1.54, 1.807) is 48.5 Å². The second-order valence-electron chi connectivity index (χ2n) is 7.63. The van der Waals surface area contributed by atoms with E-state index in [4.69, 9.17) is 9.47 Å². The molecule has 0 saturated carbocycles. The van der Waals surface area contributed by atoms with Gasteiger partial charge in [-0.05, 0) is 48.4 Å². The third-order valence-corrected chi connectivity index (χ3v) is 4.99. The number of hydrogen-bond donors (Lipinski definition) is 2. The summed E-state index contributed by atoms with van der Waals surface area (Å²) in [5.41, 5.74) is 3.39. The van der Waals surface area contributed by atoms with E-state index in [9.17, 15) is 24.5 Å². The van der Waals surface area contributed by atoms with Crippen LogP contribution >= 0.6 is 0 Å². The topological polar surface area (TPSA) is 149 Å². The first-order valence-electron chi connectivity index (χ1n) is 11.2. The molecule has 190 valence electrons. The maximum absolute atomic E-state index is 12.3. The van der Waals surface area contributed by atoms with Gasteiger partial charge in [0.15, 0.2) is 11.5 Å². The zero-order chi connectivity index (χ0) is 26.6. The van der Waals surface area contributed by atoms with Crippen LogP contribution in [0.2, 0.25) is 0 Å². The highest BCUT2D eigenvalue weighted by molar-refractivity contribution is 5.94. The number of ether oxygens (including phenoxy) is 2. The fraction of sp³-hybridized carbons (Fsp3) is 0.154. The molecule has 0 aromatic heterocycles. The number of benzene rings is 3. The zero-order valence-corrected chi connectivity index (χ0v) is 19.9. The molecule has 0 aliphatic heterocycles. The molecular weight excluding hydrogens is 480 g/mol. The first-order chi connectivity index (χ1) is 17.9. The molecular formula is C26H24N4O7. The Morgan fingerprint density at radius 1 is 0.973 bits per heavy atom. The molecule has 2 amide bonds. The fourth-order valence-corrected chi connectivity index (χ4v) is 3.13. The smallest absolute Gasteiger partial charge is 0.343 e. The van der Waals surface area contributed by atoms with Crippen LogP contribution in [0.15, 0.2) is 77.9 Å². The minimum atomic E-state index is -0.577. The number of nitrogens with one attached hydrogen (secondary N) is 2. The van der Waals surface area contributed by atoms with Crippen molar-refractivity contribution in [2.24, 2.45) is 5.10 Å². The van der Waals surface area contributed by atoms with Crippen molar-refractivity contribution in [1.29, 1.82) is 0 Å². The van der Waals surface area contributed by atoms with Gasteiger partial charge in [0.2, 0.25) is 5.91 Å². The molecule has 0 atom stereocenters. The van der Waals surface area contributed by atoms with E-state index in [0.29, 0.717) is 23.3 Å². The van der Waals surface area contributed by atoms with E-state index in [1.165, 1.54) is 37.6 Å². The maximum Gasteiger partial charge on any atom is 0.343 e. The maximum atomic E-state index is 12.3. The molecule has 0 bridgehead atoms. The molecule has 0 spiro atoms. The van der Waals surface area contributed by atoms with Gasteiger partial charge in [-0.3, -0.25) is 19.7 Å². The Balaban J connectivity index is 1.44. The van der Waals surface area contributed by atoms with Crippen LogP contribution in [0.3, 0.4) is 0 Å². The quantitative estimate of drug-likeness (QED) is 0.101. The highest BCUT2D eigenvalue weighted by atomic mass is 16.6. The molecule has 11 nitrogen and oxygen atoms in total. The second-order valence-corrected chi connectivity index (χ2v) is 7.63. The lowest BCUT2D eigenvalue weighted by molar-refractivity contribution is -0.384. The molecule has 0 aliphatic carbocycles. The van der Waals surface area contributed by atoms with Gasteiger partial charge in [0.25, 0.3) is 11.6 Å². The SMILES string of the molecule is COc1cc(C=NNC(=O)CCCNC(=O)c2cccc([N+](=O)[O-])c2)ccc1OC(=O)c1ccccc1. The van der Waals surface area contributed by atoms with Crippen LogP contribution in [0.25, 0.3) is 0 Å². The molecule has 0 fully saturated rings. The van der Waals surface area contributed by atoms with Gasteiger partial charge in [0.1, 0.15) is 0 Å². The summed E-state index contributed by atoms with van der Waals surface area (Å²) in [6, 6.07) is 18.7. The number of methoxy groups -OCH3 is 1. The van der Waals surface area contributed by atoms with Gasteiger partial charge in [-0.25, -0.2) is 10.2 Å². The van der Waals surface area contributed by atoms with Crippen molar-refractivity contribution >= 4 is 29.7 Å². The van der Waals surface area contributed by atoms with Gasteiger partial charge >= 0.3 is 5.97 Å². The minimum Gasteiger partial charge on any atom is -0.493 e. The number of carbonyl (C=O) groups excluding carboxylic acids is 3. The van der Waals surface area contributed by atoms with E-state index in [1.807, 2.05) is 0 Å². The van der Waals surface area contributed by atoms with Crippen molar-refractivity contribution in [3.63, 3.8) is 0 Å². The number of rotatable bonds is 11. The first kappa shape index (κ1) is 26.5. The number of carbonyl (C=O) groups is 3. The minimum absolute atomic E-state index is 0.101. The average molecular weight is 504 g/mol. The Morgan fingerprint density at radius 3 is 2.46 bits per heavy atom. The molecule has 37 heavy (non-hydrogen) atoms. The van der Waals surface area contributed by atoms with E-state index in [2.05, 4.69) is 15.8 Å². The van der Waals surface area contributed by atoms with E-state index >= 15 is 0 Å². The fourth-order valence-electron chi connectivity index (χ4n) is 3.13. The third-order valence-electron chi connectivity index (χ3n) is 4.99. The van der Waals surface area contributed by atoms with Crippen molar-refractivity contribution in [3.05, 3.63) is 99.6 Å². The normalized spacial score (nSPS) is 10.5. The molecule has 0 radical (unpaired) electrons. The molecule has 0 aliphatic rings. The number of hydrogen-bond acceptors (Lipinski definition) is 8. The van der Waals surface area contributed by atoms with Crippen LogP contribution in [0.4, 0.5) is 5.69 Å². The molecule has 0 heterocycles. The van der Waals surface area contributed by atoms with Gasteiger partial charge in [-0.2, -0.15) is 5.10 Å². The Kier molecular flexibility index (Phi) is 9.43. The Labute approximate surface area is 212 Å². The molecule has 2 N–H and O–H groups in total. The number of nitrogens with zero attached hydrogens (tertiary/aromatic N) is 2. The Hall–Kier alpha value is -5.06. The highest BCUT2D eigenvalue weighted by Crippen LogP contribution is 2.28. The van der Waals surface area contributed by atoms with Crippen molar-refractivity contribution in [3.8, 4) is 11.5 Å². The van der Waals surface area contributed by atoms with Crippen molar-refractivity contribution in [2.75, 3.05) is 13.7 Å². The number of hydrazone groups is 1. The molecule has 3 rings (SSSR count). The van der Waals surface area contributed by atoms with Crippen LogP contribution < -0.4 is 20.2 Å². The summed E-state index contributed by atoms with van der Waals surface area (Å²) < 4.78 is 10.7. The standard InChI is InChI=1S/C26H24N4O7/c1-36-23-15-18(12-13-22(23)37-26(33)19-7-3-2-4-8-19)17-28-29-24(31)11-6-14-27-25(32)20-9-5-10-21(16-20)30(34)35/h2-5,7-10,12-13,15-17H,6,11,14H2,1H3,(H,27,32)(H,29,31). The van der Waals surface area contributed by atoms with Crippen LogP contribution in [-0.2, 0) is 4.79 Å². The van der Waals surface area contributed by atoms with E-state index in [-0.39, 0.29) is 35.9 Å². The lowest BCUT2D eigenvalue weighted by Gasteiger charge is -2.10. The van der Waals surface area contributed by atoms with Crippen LogP contribution in [0.5, 0.6) is 11.5 Å². The monoisotopic (exact) mass is 504 g/mol. The average Bonchev–Trinajstić information content (AvgIpc) is 2.92. The molecule has 3 aromatic rings. The molecule has 3 aromatic carbocycles. The summed E-state index contributed by atoms with van der Waals surface area (Å²) in [6.07, 6.45) is 1.86. The van der Waals surface area contributed by atoms with Gasteiger partial charge in [-0.1, -0.05) is 24.3 Å². The number of nitro groups is 1. The van der Waals surface area contributed by atoms with Crippen LogP contribution in [-0.4, -0.2) is 42.6 Å². The van der Waals surface area contributed by atoms with Crippen molar-refractivity contribution in [1.82, 2.24) is 10.7 Å². The lowest BCUT2D eigenvalue weighted by Crippen LogP contribution is -2.26. The molecule has 0 unspecified atom stereocenters. The van der Waals surface area contributed by atoms with Crippen LogP contribution in [0, 0.1) is 10.1 Å². The first-order valence-corrected chi connectivity index (χ1v) is 11.2. The Morgan fingerprint density at radius 2 is 1.73 bits per heavy atom. The summed E-state index contributed by atoms with van der Waals surface area (Å²) in [5.74, 6) is -0.784. The molecule has 11 heteroatoms. The summed E-state index contributed by atoms with van der Waals surface area (Å²) in [4.78, 5) is 46.6. The molecule has 0 saturated heterocycles. The number of non-ortho nitro benzene ring substituents is 1. The summed E-state index contributed by atoms with van der Waals surface area (Å²) in [6.45, 7) is 0.207. The Bertz CT molecular complexity index is 1310. The summed E-state index contributed by atoms with van der Waals surface area (Å²) in [5, 5.41) is 17.3. The van der Waals surface area contributed by atoms with Gasteiger partial charge < -0.3 is 14.8 Å². The third kappa shape index (κ3) is 7.99. The van der Waals surface area contributed by atoms with Gasteiger partial charge in [0.05, 0.1) is 23.8 Å². The van der Waals surface area contributed by atoms with E-state index < -0.39 is 16.8 Å². The second kappa shape index (κ2) is 13.1. The summed E-state index contributed by atoms with van der Waals surface area (Å²) >= 11 is 0.